The molecule has 0 atom stereocenters. The number of rotatable bonds is 2. The van der Waals surface area contributed by atoms with E-state index in [1.807, 2.05) is 0 Å². The molecule has 1 rings (SSSR count). The highest BCUT2D eigenvalue weighted by Gasteiger charge is 2.10. The van der Waals surface area contributed by atoms with Gasteiger partial charge in [-0.15, -0.1) is 0 Å². The summed E-state index contributed by atoms with van der Waals surface area (Å²) in [4.78, 5) is 16.3. The summed E-state index contributed by atoms with van der Waals surface area (Å²) in [5.74, 6) is -2.36. The summed E-state index contributed by atoms with van der Waals surface area (Å²) < 4.78 is 25.6. The van der Waals surface area contributed by atoms with Crippen LogP contribution in [0.4, 0.5) is 8.78 Å². The number of hydrogen-bond acceptors (Lipinski definition) is 1. The molecule has 0 spiro atoms. The Morgan fingerprint density at radius 2 is 2.07 bits per heavy atom. The van der Waals surface area contributed by atoms with Crippen molar-refractivity contribution in [3.63, 3.8) is 0 Å². The van der Waals surface area contributed by atoms with Gasteiger partial charge in [0.15, 0.2) is 0 Å². The van der Waals surface area contributed by atoms with Crippen LogP contribution in [0.3, 0.4) is 0 Å². The average molecular weight is 212 g/mol. The minimum atomic E-state index is -0.907. The number of amides is 1. The van der Waals surface area contributed by atoms with Crippen molar-refractivity contribution < 1.29 is 13.6 Å². The van der Waals surface area contributed by atoms with Crippen molar-refractivity contribution in [1.82, 2.24) is 4.90 Å². The van der Waals surface area contributed by atoms with E-state index in [1.165, 1.54) is 6.34 Å². The molecule has 0 aliphatic heterocycles. The Morgan fingerprint density at radius 3 is 2.60 bits per heavy atom. The number of carbonyl (C=O) groups excluding carboxylic acids is 1. The van der Waals surface area contributed by atoms with Gasteiger partial charge in [-0.3, -0.25) is 4.79 Å². The van der Waals surface area contributed by atoms with E-state index in [-0.39, 0.29) is 5.56 Å². The number of aliphatic imine (C=N–C) groups is 1. The zero-order valence-corrected chi connectivity index (χ0v) is 8.37. The number of hydrogen-bond donors (Lipinski definition) is 0. The maximum Gasteiger partial charge on any atom is 0.281 e. The van der Waals surface area contributed by atoms with Gasteiger partial charge in [-0.1, -0.05) is 0 Å². The van der Waals surface area contributed by atoms with Crippen LogP contribution in [0.15, 0.2) is 23.2 Å². The summed E-state index contributed by atoms with van der Waals surface area (Å²) in [6.45, 7) is 0. The normalized spacial score (nSPS) is 10.7. The fourth-order valence-corrected chi connectivity index (χ4v) is 0.900. The molecular formula is C10H10F2N2O. The Morgan fingerprint density at radius 1 is 1.40 bits per heavy atom. The Hall–Kier alpha value is -1.78. The van der Waals surface area contributed by atoms with Crippen molar-refractivity contribution in [3.05, 3.63) is 35.4 Å². The summed E-state index contributed by atoms with van der Waals surface area (Å²) in [5.41, 5.74) is -0.241. The Kier molecular flexibility index (Phi) is 3.49. The monoisotopic (exact) mass is 212 g/mol. The smallest absolute Gasteiger partial charge is 0.281 e. The van der Waals surface area contributed by atoms with E-state index in [9.17, 15) is 13.6 Å². The highest BCUT2D eigenvalue weighted by atomic mass is 19.1. The molecule has 1 amide bonds. The van der Waals surface area contributed by atoms with E-state index in [2.05, 4.69) is 4.99 Å². The number of carbonyl (C=O) groups is 1. The van der Waals surface area contributed by atoms with Crippen LogP contribution in [0.5, 0.6) is 0 Å². The topological polar surface area (TPSA) is 32.7 Å². The molecule has 0 unspecified atom stereocenters. The number of halogens is 2. The van der Waals surface area contributed by atoms with Crippen molar-refractivity contribution in [2.45, 2.75) is 0 Å². The van der Waals surface area contributed by atoms with Crippen LogP contribution < -0.4 is 0 Å². The van der Waals surface area contributed by atoms with Gasteiger partial charge < -0.3 is 4.90 Å². The van der Waals surface area contributed by atoms with Gasteiger partial charge in [0.05, 0.1) is 11.9 Å². The first-order chi connectivity index (χ1) is 7.00. The van der Waals surface area contributed by atoms with Gasteiger partial charge >= 0.3 is 0 Å². The quantitative estimate of drug-likeness (QED) is 0.552. The van der Waals surface area contributed by atoms with Gasteiger partial charge in [-0.25, -0.2) is 8.78 Å². The van der Waals surface area contributed by atoms with Crippen LogP contribution in [0, 0.1) is 11.6 Å². The predicted octanol–water partition coefficient (Wildman–Crippen LogP) is 1.69. The second-order valence-electron chi connectivity index (χ2n) is 3.14. The summed E-state index contributed by atoms with van der Waals surface area (Å²) in [5, 5.41) is 0. The first-order valence-corrected chi connectivity index (χ1v) is 4.20. The fourth-order valence-electron chi connectivity index (χ4n) is 0.900. The van der Waals surface area contributed by atoms with Crippen LogP contribution in [0.25, 0.3) is 0 Å². The molecule has 0 heterocycles. The number of nitrogens with zero attached hydrogens (tertiary/aromatic N) is 2. The summed E-state index contributed by atoms with van der Waals surface area (Å²) in [6, 6.07) is 2.74. The summed E-state index contributed by atoms with van der Waals surface area (Å²) >= 11 is 0. The van der Waals surface area contributed by atoms with Crippen molar-refractivity contribution >= 4 is 12.2 Å². The van der Waals surface area contributed by atoms with Gasteiger partial charge in [0, 0.05) is 20.2 Å². The lowest BCUT2D eigenvalue weighted by Gasteiger charge is -2.02. The molecule has 0 radical (unpaired) electrons. The lowest BCUT2D eigenvalue weighted by Crippen LogP contribution is -2.10. The van der Waals surface area contributed by atoms with E-state index in [4.69, 9.17) is 0 Å². The first-order valence-electron chi connectivity index (χ1n) is 4.20. The van der Waals surface area contributed by atoms with Crippen LogP contribution in [-0.4, -0.2) is 31.2 Å². The van der Waals surface area contributed by atoms with Gasteiger partial charge in [0.25, 0.3) is 5.91 Å². The lowest BCUT2D eigenvalue weighted by atomic mass is 10.2. The highest BCUT2D eigenvalue weighted by molar-refractivity contribution is 5.98. The minimum absolute atomic E-state index is 0.241. The Bertz CT molecular complexity index is 402. The molecular weight excluding hydrogens is 202 g/mol. The van der Waals surface area contributed by atoms with Crippen molar-refractivity contribution in [1.29, 1.82) is 0 Å². The van der Waals surface area contributed by atoms with Crippen LogP contribution in [-0.2, 0) is 0 Å². The zero-order chi connectivity index (χ0) is 11.4. The molecule has 5 heteroatoms. The van der Waals surface area contributed by atoms with E-state index >= 15 is 0 Å². The number of benzene rings is 1. The standard InChI is InChI=1S/C10H10F2N2O/c1-14(2)6-13-10(15)8-4-3-7(11)5-9(8)12/h3-6H,1-2H3. The third-order valence-corrected chi connectivity index (χ3v) is 1.57. The maximum atomic E-state index is 13.1. The van der Waals surface area contributed by atoms with Gasteiger partial charge in [0.1, 0.15) is 11.6 Å². The zero-order valence-electron chi connectivity index (χ0n) is 8.37. The molecule has 0 saturated heterocycles. The molecule has 0 N–H and O–H groups in total. The molecule has 0 aliphatic rings. The van der Waals surface area contributed by atoms with Crippen molar-refractivity contribution in [2.24, 2.45) is 4.99 Å². The summed E-state index contributed by atoms with van der Waals surface area (Å²) in [7, 11) is 3.36. The highest BCUT2D eigenvalue weighted by Crippen LogP contribution is 2.10. The van der Waals surface area contributed by atoms with Gasteiger partial charge in [0.2, 0.25) is 0 Å². The summed E-state index contributed by atoms with van der Waals surface area (Å²) in [6.07, 6.45) is 1.26. The fraction of sp³-hybridized carbons (Fsp3) is 0.200. The van der Waals surface area contributed by atoms with E-state index in [1.54, 1.807) is 19.0 Å². The lowest BCUT2D eigenvalue weighted by molar-refractivity contribution is 0.0998. The van der Waals surface area contributed by atoms with E-state index in [0.717, 1.165) is 12.1 Å². The molecule has 80 valence electrons. The SMILES string of the molecule is CN(C)C=NC(=O)c1ccc(F)cc1F. The van der Waals surface area contributed by atoms with Crippen molar-refractivity contribution in [3.8, 4) is 0 Å². The van der Waals surface area contributed by atoms with E-state index in [0.29, 0.717) is 6.07 Å². The molecule has 0 fully saturated rings. The largest absolute Gasteiger partial charge is 0.369 e. The second-order valence-corrected chi connectivity index (χ2v) is 3.14. The molecule has 0 bridgehead atoms. The molecule has 0 saturated carbocycles. The molecule has 1 aromatic carbocycles. The molecule has 3 nitrogen and oxygen atoms in total. The first kappa shape index (κ1) is 11.3. The van der Waals surface area contributed by atoms with E-state index < -0.39 is 17.5 Å². The van der Waals surface area contributed by atoms with Gasteiger partial charge in [-0.05, 0) is 12.1 Å². The average Bonchev–Trinajstić information content (AvgIpc) is 2.14. The predicted molar refractivity (Wildman–Crippen MR) is 52.9 cm³/mol. The van der Waals surface area contributed by atoms with Crippen LogP contribution in [0.2, 0.25) is 0 Å². The molecule has 1 aromatic rings. The second kappa shape index (κ2) is 4.63. The third-order valence-electron chi connectivity index (χ3n) is 1.57. The molecule has 0 aromatic heterocycles. The minimum Gasteiger partial charge on any atom is -0.369 e. The van der Waals surface area contributed by atoms with Crippen LogP contribution >= 0.6 is 0 Å². The Labute approximate surface area is 86.0 Å². The molecule has 15 heavy (non-hydrogen) atoms. The third kappa shape index (κ3) is 3.12. The van der Waals surface area contributed by atoms with Gasteiger partial charge in [-0.2, -0.15) is 4.99 Å². The molecule has 0 aliphatic carbocycles. The van der Waals surface area contributed by atoms with Crippen LogP contribution in [0.1, 0.15) is 10.4 Å². The van der Waals surface area contributed by atoms with Crippen molar-refractivity contribution in [2.75, 3.05) is 14.1 Å². The maximum absolute atomic E-state index is 13.1. The Balaban J connectivity index is 2.92.